The number of nitrogen functional groups attached to an aromatic ring is 1. The second-order valence-electron chi connectivity index (χ2n) is 3.19. The summed E-state index contributed by atoms with van der Waals surface area (Å²) in [6, 6.07) is 5.40. The van der Waals surface area contributed by atoms with Crippen LogP contribution in [0, 0.1) is 12.3 Å². The topological polar surface area (TPSA) is 80.6 Å². The Morgan fingerprint density at radius 1 is 1.47 bits per heavy atom. The van der Waals surface area contributed by atoms with Crippen LogP contribution in [0.25, 0.3) is 5.82 Å². The van der Waals surface area contributed by atoms with Crippen molar-refractivity contribution in [2.24, 2.45) is 5.73 Å². The van der Waals surface area contributed by atoms with Gasteiger partial charge < -0.3 is 5.73 Å². The SMILES string of the molecule is Cc1ccc(C(=N)N)c(-n2cccn2)n1. The first-order valence-electron chi connectivity index (χ1n) is 4.50. The van der Waals surface area contributed by atoms with Crippen molar-refractivity contribution in [1.82, 2.24) is 14.8 Å². The maximum atomic E-state index is 7.45. The van der Waals surface area contributed by atoms with E-state index in [0.29, 0.717) is 11.4 Å². The van der Waals surface area contributed by atoms with Crippen LogP contribution >= 0.6 is 0 Å². The van der Waals surface area contributed by atoms with Gasteiger partial charge in [0.05, 0.1) is 5.56 Å². The van der Waals surface area contributed by atoms with Crippen LogP contribution in [0.3, 0.4) is 0 Å². The molecule has 0 saturated carbocycles. The van der Waals surface area contributed by atoms with Crippen molar-refractivity contribution >= 4 is 5.84 Å². The van der Waals surface area contributed by atoms with Crippen LogP contribution in [0.2, 0.25) is 0 Å². The van der Waals surface area contributed by atoms with E-state index >= 15 is 0 Å². The summed E-state index contributed by atoms with van der Waals surface area (Å²) in [7, 11) is 0. The number of hydrogen-bond donors (Lipinski definition) is 2. The van der Waals surface area contributed by atoms with Crippen molar-refractivity contribution in [3.8, 4) is 5.82 Å². The highest BCUT2D eigenvalue weighted by molar-refractivity contribution is 5.97. The fourth-order valence-corrected chi connectivity index (χ4v) is 1.32. The Morgan fingerprint density at radius 2 is 2.27 bits per heavy atom. The minimum atomic E-state index is -0.00648. The van der Waals surface area contributed by atoms with Crippen LogP contribution in [0.1, 0.15) is 11.3 Å². The summed E-state index contributed by atoms with van der Waals surface area (Å²) in [5.41, 5.74) is 6.93. The Kier molecular flexibility index (Phi) is 2.21. The van der Waals surface area contributed by atoms with E-state index in [1.54, 1.807) is 29.2 Å². The van der Waals surface area contributed by atoms with Gasteiger partial charge in [0.1, 0.15) is 5.84 Å². The molecule has 0 spiro atoms. The van der Waals surface area contributed by atoms with Gasteiger partial charge in [-0.1, -0.05) is 0 Å². The molecule has 0 radical (unpaired) electrons. The van der Waals surface area contributed by atoms with Gasteiger partial charge in [-0.05, 0) is 25.1 Å². The normalized spacial score (nSPS) is 10.2. The fourth-order valence-electron chi connectivity index (χ4n) is 1.32. The van der Waals surface area contributed by atoms with Gasteiger partial charge in [-0.3, -0.25) is 5.41 Å². The van der Waals surface area contributed by atoms with Crippen molar-refractivity contribution in [2.45, 2.75) is 6.92 Å². The molecule has 5 heteroatoms. The minimum Gasteiger partial charge on any atom is -0.384 e. The lowest BCUT2D eigenvalue weighted by atomic mass is 10.2. The number of rotatable bonds is 2. The molecule has 0 bridgehead atoms. The van der Waals surface area contributed by atoms with Crippen LogP contribution in [-0.4, -0.2) is 20.6 Å². The van der Waals surface area contributed by atoms with E-state index < -0.39 is 0 Å². The molecule has 2 aromatic rings. The van der Waals surface area contributed by atoms with Gasteiger partial charge in [0, 0.05) is 18.1 Å². The predicted octanol–water partition coefficient (Wildman–Crippen LogP) is 0.860. The first-order valence-corrected chi connectivity index (χ1v) is 4.50. The number of nitrogens with two attached hydrogens (primary N) is 1. The number of nitrogens with one attached hydrogen (secondary N) is 1. The smallest absolute Gasteiger partial charge is 0.164 e. The molecule has 2 aromatic heterocycles. The third-order valence-corrected chi connectivity index (χ3v) is 2.03. The molecule has 0 saturated heterocycles. The Bertz CT molecular complexity index is 487. The molecule has 0 aliphatic heterocycles. The third-order valence-electron chi connectivity index (χ3n) is 2.03. The summed E-state index contributed by atoms with van der Waals surface area (Å²) in [5, 5.41) is 11.5. The van der Waals surface area contributed by atoms with E-state index in [4.69, 9.17) is 11.1 Å². The lowest BCUT2D eigenvalue weighted by Crippen LogP contribution is -2.16. The number of nitrogens with zero attached hydrogens (tertiary/aromatic N) is 3. The van der Waals surface area contributed by atoms with Gasteiger partial charge in [0.2, 0.25) is 0 Å². The zero-order chi connectivity index (χ0) is 10.8. The van der Waals surface area contributed by atoms with E-state index in [2.05, 4.69) is 10.1 Å². The number of aromatic nitrogens is 3. The lowest BCUT2D eigenvalue weighted by molar-refractivity contribution is 0.837. The number of hydrogen-bond acceptors (Lipinski definition) is 3. The van der Waals surface area contributed by atoms with E-state index in [1.165, 1.54) is 0 Å². The van der Waals surface area contributed by atoms with Crippen LogP contribution in [0.4, 0.5) is 0 Å². The Balaban J connectivity index is 2.63. The molecule has 2 rings (SSSR count). The van der Waals surface area contributed by atoms with Crippen molar-refractivity contribution in [3.05, 3.63) is 41.9 Å². The van der Waals surface area contributed by atoms with Crippen LogP contribution in [0.5, 0.6) is 0 Å². The highest BCUT2D eigenvalue weighted by Gasteiger charge is 2.08. The molecule has 0 fully saturated rings. The predicted molar refractivity (Wildman–Crippen MR) is 57.1 cm³/mol. The van der Waals surface area contributed by atoms with Crippen LogP contribution in [-0.2, 0) is 0 Å². The zero-order valence-electron chi connectivity index (χ0n) is 8.31. The molecule has 0 atom stereocenters. The Labute approximate surface area is 87.1 Å². The molecule has 0 unspecified atom stereocenters. The standard InChI is InChI=1S/C10H11N5/c1-7-3-4-8(9(11)12)10(14-7)15-6-2-5-13-15/h2-6H,1H3,(H3,11,12). The molecule has 5 nitrogen and oxygen atoms in total. The zero-order valence-corrected chi connectivity index (χ0v) is 8.31. The molecule has 15 heavy (non-hydrogen) atoms. The van der Waals surface area contributed by atoms with Crippen molar-refractivity contribution < 1.29 is 0 Å². The average Bonchev–Trinajstić information content (AvgIpc) is 2.69. The largest absolute Gasteiger partial charge is 0.384 e. The van der Waals surface area contributed by atoms with Gasteiger partial charge in [-0.25, -0.2) is 9.67 Å². The van der Waals surface area contributed by atoms with Crippen LogP contribution < -0.4 is 5.73 Å². The van der Waals surface area contributed by atoms with Gasteiger partial charge in [0.25, 0.3) is 0 Å². The van der Waals surface area contributed by atoms with Gasteiger partial charge in [-0.2, -0.15) is 5.10 Å². The Hall–Kier alpha value is -2.17. The lowest BCUT2D eigenvalue weighted by Gasteiger charge is -2.07. The van der Waals surface area contributed by atoms with Gasteiger partial charge >= 0.3 is 0 Å². The molecule has 0 aromatic carbocycles. The van der Waals surface area contributed by atoms with Crippen molar-refractivity contribution in [3.63, 3.8) is 0 Å². The summed E-state index contributed by atoms with van der Waals surface area (Å²) >= 11 is 0. The van der Waals surface area contributed by atoms with E-state index in [-0.39, 0.29) is 5.84 Å². The average molecular weight is 201 g/mol. The number of amidine groups is 1. The van der Waals surface area contributed by atoms with Crippen LogP contribution in [0.15, 0.2) is 30.6 Å². The highest BCUT2D eigenvalue weighted by atomic mass is 15.3. The second kappa shape index (κ2) is 3.53. The molecule has 3 N–H and O–H groups in total. The molecule has 0 aliphatic rings. The first kappa shape index (κ1) is 9.39. The quantitative estimate of drug-likeness (QED) is 0.558. The third kappa shape index (κ3) is 1.71. The first-order chi connectivity index (χ1) is 7.18. The fraction of sp³-hybridized carbons (Fsp3) is 0.100. The molecular weight excluding hydrogens is 190 g/mol. The molecule has 0 aliphatic carbocycles. The van der Waals surface area contributed by atoms with Crippen molar-refractivity contribution in [2.75, 3.05) is 0 Å². The highest BCUT2D eigenvalue weighted by Crippen LogP contribution is 2.11. The van der Waals surface area contributed by atoms with Crippen molar-refractivity contribution in [1.29, 1.82) is 5.41 Å². The molecular formula is C10H11N5. The maximum absolute atomic E-state index is 7.45. The van der Waals surface area contributed by atoms with E-state index in [1.807, 2.05) is 13.0 Å². The molecule has 2 heterocycles. The molecule has 0 amide bonds. The minimum absolute atomic E-state index is 0.00648. The van der Waals surface area contributed by atoms with E-state index in [9.17, 15) is 0 Å². The monoisotopic (exact) mass is 201 g/mol. The summed E-state index contributed by atoms with van der Waals surface area (Å²) in [5.74, 6) is 0.584. The summed E-state index contributed by atoms with van der Waals surface area (Å²) in [6.45, 7) is 1.89. The number of pyridine rings is 1. The Morgan fingerprint density at radius 3 is 2.87 bits per heavy atom. The molecule has 76 valence electrons. The maximum Gasteiger partial charge on any atom is 0.164 e. The second-order valence-corrected chi connectivity index (χ2v) is 3.19. The summed E-state index contributed by atoms with van der Waals surface area (Å²) in [4.78, 5) is 4.32. The number of aryl methyl sites for hydroxylation is 1. The summed E-state index contributed by atoms with van der Waals surface area (Å²) in [6.07, 6.45) is 3.43. The summed E-state index contributed by atoms with van der Waals surface area (Å²) < 4.78 is 1.60. The van der Waals surface area contributed by atoms with Gasteiger partial charge in [-0.15, -0.1) is 0 Å². The van der Waals surface area contributed by atoms with Gasteiger partial charge in [0.15, 0.2) is 5.82 Å². The van der Waals surface area contributed by atoms with E-state index in [0.717, 1.165) is 5.69 Å².